The standard InChI is InChI=1S/C15H14FNOS/c1-10-3-2-4-13(7-10)18-9-11-5-6-12(16)8-14(11)15(17)19/h2-8H,9H2,1H3,(H2,17,19). The molecule has 0 bridgehead atoms. The molecule has 0 atom stereocenters. The summed E-state index contributed by atoms with van der Waals surface area (Å²) in [4.78, 5) is 0.169. The van der Waals surface area contributed by atoms with Gasteiger partial charge in [0.1, 0.15) is 23.2 Å². The van der Waals surface area contributed by atoms with Crippen molar-refractivity contribution in [2.24, 2.45) is 5.73 Å². The van der Waals surface area contributed by atoms with Crippen LogP contribution in [0.4, 0.5) is 4.39 Å². The van der Waals surface area contributed by atoms with Crippen molar-refractivity contribution in [3.05, 3.63) is 65.0 Å². The molecule has 0 heterocycles. The zero-order valence-corrected chi connectivity index (χ0v) is 11.3. The summed E-state index contributed by atoms with van der Waals surface area (Å²) in [5.74, 6) is 0.403. The molecule has 2 aromatic carbocycles. The van der Waals surface area contributed by atoms with Crippen molar-refractivity contribution in [1.29, 1.82) is 0 Å². The minimum atomic E-state index is -0.359. The van der Waals surface area contributed by atoms with Gasteiger partial charge in [-0.2, -0.15) is 0 Å². The van der Waals surface area contributed by atoms with Gasteiger partial charge >= 0.3 is 0 Å². The molecule has 2 nitrogen and oxygen atoms in total. The minimum Gasteiger partial charge on any atom is -0.489 e. The molecule has 0 aliphatic rings. The van der Waals surface area contributed by atoms with Crippen molar-refractivity contribution < 1.29 is 9.13 Å². The summed E-state index contributed by atoms with van der Waals surface area (Å²) < 4.78 is 18.8. The summed E-state index contributed by atoms with van der Waals surface area (Å²) in [6.45, 7) is 2.29. The fourth-order valence-corrected chi connectivity index (χ4v) is 1.96. The van der Waals surface area contributed by atoms with Crippen LogP contribution in [0.1, 0.15) is 16.7 Å². The van der Waals surface area contributed by atoms with Gasteiger partial charge in [-0.3, -0.25) is 0 Å². The first-order valence-corrected chi connectivity index (χ1v) is 6.25. The third kappa shape index (κ3) is 3.51. The zero-order valence-electron chi connectivity index (χ0n) is 10.5. The maximum atomic E-state index is 13.2. The van der Waals surface area contributed by atoms with Crippen LogP contribution >= 0.6 is 12.2 Å². The highest BCUT2D eigenvalue weighted by atomic mass is 32.1. The molecular formula is C15H14FNOS. The third-order valence-corrected chi connectivity index (χ3v) is 2.94. The Labute approximate surface area is 117 Å². The first kappa shape index (κ1) is 13.5. The second-order valence-corrected chi connectivity index (χ2v) is 4.71. The van der Waals surface area contributed by atoms with E-state index in [1.165, 1.54) is 12.1 Å². The molecule has 0 amide bonds. The predicted molar refractivity (Wildman–Crippen MR) is 77.8 cm³/mol. The molecule has 0 aromatic heterocycles. The van der Waals surface area contributed by atoms with E-state index in [0.29, 0.717) is 12.2 Å². The van der Waals surface area contributed by atoms with Gasteiger partial charge in [-0.05, 0) is 42.3 Å². The summed E-state index contributed by atoms with van der Waals surface area (Å²) in [6, 6.07) is 12.1. The topological polar surface area (TPSA) is 35.2 Å². The molecule has 2 N–H and O–H groups in total. The molecule has 0 unspecified atom stereocenters. The highest BCUT2D eigenvalue weighted by molar-refractivity contribution is 7.80. The Bertz CT molecular complexity index is 613. The molecule has 0 saturated heterocycles. The van der Waals surface area contributed by atoms with Crippen molar-refractivity contribution in [2.75, 3.05) is 0 Å². The predicted octanol–water partition coefficient (Wildman–Crippen LogP) is 3.35. The molecule has 4 heteroatoms. The lowest BCUT2D eigenvalue weighted by atomic mass is 10.1. The fourth-order valence-electron chi connectivity index (χ4n) is 1.77. The maximum Gasteiger partial charge on any atom is 0.123 e. The van der Waals surface area contributed by atoms with E-state index in [-0.39, 0.29) is 10.8 Å². The molecule has 19 heavy (non-hydrogen) atoms. The molecule has 0 spiro atoms. The lowest BCUT2D eigenvalue weighted by molar-refractivity contribution is 0.305. The number of nitrogens with two attached hydrogens (primary N) is 1. The largest absolute Gasteiger partial charge is 0.489 e. The highest BCUT2D eigenvalue weighted by Crippen LogP contribution is 2.17. The van der Waals surface area contributed by atoms with E-state index < -0.39 is 0 Å². The van der Waals surface area contributed by atoms with Crippen LogP contribution in [-0.4, -0.2) is 4.99 Å². The van der Waals surface area contributed by atoms with Crippen LogP contribution < -0.4 is 10.5 Å². The van der Waals surface area contributed by atoms with Crippen LogP contribution in [0.2, 0.25) is 0 Å². The first-order valence-electron chi connectivity index (χ1n) is 5.84. The molecule has 2 aromatic rings. The van der Waals surface area contributed by atoms with Crippen LogP contribution in [-0.2, 0) is 6.61 Å². The second kappa shape index (κ2) is 5.80. The van der Waals surface area contributed by atoms with Gasteiger partial charge in [0.2, 0.25) is 0 Å². The van der Waals surface area contributed by atoms with Gasteiger partial charge in [-0.1, -0.05) is 30.4 Å². The summed E-state index contributed by atoms with van der Waals surface area (Å²) >= 11 is 4.92. The number of aryl methyl sites for hydroxylation is 1. The monoisotopic (exact) mass is 275 g/mol. The maximum absolute atomic E-state index is 13.2. The minimum absolute atomic E-state index is 0.169. The first-order chi connectivity index (χ1) is 9.06. The quantitative estimate of drug-likeness (QED) is 0.869. The van der Waals surface area contributed by atoms with Crippen molar-refractivity contribution in [1.82, 2.24) is 0 Å². The van der Waals surface area contributed by atoms with Crippen LogP contribution in [0.3, 0.4) is 0 Å². The molecule has 0 radical (unpaired) electrons. The van der Waals surface area contributed by atoms with E-state index in [0.717, 1.165) is 16.9 Å². The summed E-state index contributed by atoms with van der Waals surface area (Å²) in [5.41, 5.74) is 7.99. The van der Waals surface area contributed by atoms with Gasteiger partial charge in [0, 0.05) is 5.56 Å². The molecule has 0 saturated carbocycles. The molecular weight excluding hydrogens is 261 g/mol. The average Bonchev–Trinajstić information content (AvgIpc) is 2.37. The van der Waals surface area contributed by atoms with Gasteiger partial charge in [-0.25, -0.2) is 4.39 Å². The Morgan fingerprint density at radius 2 is 2.05 bits per heavy atom. The Kier molecular flexibility index (Phi) is 4.12. The molecule has 98 valence electrons. The van der Waals surface area contributed by atoms with E-state index in [1.54, 1.807) is 6.07 Å². The SMILES string of the molecule is Cc1cccc(OCc2ccc(F)cc2C(N)=S)c1. The second-order valence-electron chi connectivity index (χ2n) is 4.27. The van der Waals surface area contributed by atoms with Gasteiger partial charge in [0.25, 0.3) is 0 Å². The van der Waals surface area contributed by atoms with Gasteiger partial charge < -0.3 is 10.5 Å². The number of halogens is 1. The van der Waals surface area contributed by atoms with E-state index in [2.05, 4.69) is 0 Å². The van der Waals surface area contributed by atoms with Gasteiger partial charge in [0.15, 0.2) is 0 Å². The van der Waals surface area contributed by atoms with Crippen molar-refractivity contribution in [3.63, 3.8) is 0 Å². The van der Waals surface area contributed by atoms with E-state index in [4.69, 9.17) is 22.7 Å². The number of hydrogen-bond donors (Lipinski definition) is 1. The highest BCUT2D eigenvalue weighted by Gasteiger charge is 2.07. The summed E-state index contributed by atoms with van der Waals surface area (Å²) in [5, 5.41) is 0. The van der Waals surface area contributed by atoms with Crippen LogP contribution in [0.15, 0.2) is 42.5 Å². The molecule has 2 rings (SSSR count). The normalized spacial score (nSPS) is 10.2. The number of thiocarbonyl (C=S) groups is 1. The molecule has 0 fully saturated rings. The zero-order chi connectivity index (χ0) is 13.8. The molecule has 0 aliphatic carbocycles. The summed E-state index contributed by atoms with van der Waals surface area (Å²) in [6.07, 6.45) is 0. The van der Waals surface area contributed by atoms with Crippen molar-refractivity contribution >= 4 is 17.2 Å². The van der Waals surface area contributed by atoms with E-state index >= 15 is 0 Å². The van der Waals surface area contributed by atoms with Crippen LogP contribution in [0.25, 0.3) is 0 Å². The van der Waals surface area contributed by atoms with Crippen molar-refractivity contribution in [3.8, 4) is 5.75 Å². The summed E-state index contributed by atoms with van der Waals surface area (Å²) in [7, 11) is 0. The van der Waals surface area contributed by atoms with Crippen LogP contribution in [0.5, 0.6) is 5.75 Å². The average molecular weight is 275 g/mol. The molecule has 0 aliphatic heterocycles. The fraction of sp³-hybridized carbons (Fsp3) is 0.133. The number of rotatable bonds is 4. The number of hydrogen-bond acceptors (Lipinski definition) is 2. The van der Waals surface area contributed by atoms with Gasteiger partial charge in [-0.15, -0.1) is 0 Å². The van der Waals surface area contributed by atoms with Crippen molar-refractivity contribution in [2.45, 2.75) is 13.5 Å². The Morgan fingerprint density at radius 1 is 1.26 bits per heavy atom. The Morgan fingerprint density at radius 3 is 2.74 bits per heavy atom. The lowest BCUT2D eigenvalue weighted by Gasteiger charge is -2.10. The van der Waals surface area contributed by atoms with E-state index in [9.17, 15) is 4.39 Å². The Balaban J connectivity index is 2.17. The van der Waals surface area contributed by atoms with Crippen LogP contribution in [0, 0.1) is 12.7 Å². The van der Waals surface area contributed by atoms with E-state index in [1.807, 2.05) is 31.2 Å². The third-order valence-electron chi connectivity index (χ3n) is 2.72. The smallest absolute Gasteiger partial charge is 0.123 e. The number of benzene rings is 2. The number of ether oxygens (including phenoxy) is 1. The Hall–Kier alpha value is -1.94. The van der Waals surface area contributed by atoms with Gasteiger partial charge in [0.05, 0.1) is 0 Å². The lowest BCUT2D eigenvalue weighted by Crippen LogP contribution is -2.14.